The highest BCUT2D eigenvalue weighted by atomic mass is 32.2. The Balaban J connectivity index is 1.96. The Labute approximate surface area is 84.3 Å². The lowest BCUT2D eigenvalue weighted by atomic mass is 9.87. The molecule has 1 heterocycles. The summed E-state index contributed by atoms with van der Waals surface area (Å²) in [6.45, 7) is 2.48. The number of hydrogen-bond acceptors (Lipinski definition) is 2. The molecule has 0 aromatic rings. The Morgan fingerprint density at radius 3 is 2.17 bits per heavy atom. The molecule has 1 aliphatic carbocycles. The second kappa shape index (κ2) is 3.83. The van der Waals surface area contributed by atoms with Crippen LogP contribution in [0.15, 0.2) is 0 Å². The zero-order chi connectivity index (χ0) is 8.44. The summed E-state index contributed by atoms with van der Waals surface area (Å²) in [6, 6.07) is 0. The summed E-state index contributed by atoms with van der Waals surface area (Å²) in [7, 11) is 0. The van der Waals surface area contributed by atoms with Crippen molar-refractivity contribution < 1.29 is 0 Å². The van der Waals surface area contributed by atoms with Crippen LogP contribution >= 0.6 is 23.5 Å². The second-order valence-corrected chi connectivity index (χ2v) is 7.40. The molecule has 0 aromatic heterocycles. The van der Waals surface area contributed by atoms with Crippen molar-refractivity contribution in [3.05, 3.63) is 0 Å². The van der Waals surface area contributed by atoms with Gasteiger partial charge >= 0.3 is 0 Å². The summed E-state index contributed by atoms with van der Waals surface area (Å²) in [5.41, 5.74) is 0. The summed E-state index contributed by atoms with van der Waals surface area (Å²) in [6.07, 6.45) is 7.46. The van der Waals surface area contributed by atoms with E-state index in [4.69, 9.17) is 0 Å². The van der Waals surface area contributed by atoms with Gasteiger partial charge in [0.1, 0.15) is 0 Å². The fraction of sp³-hybridized carbons (Fsp3) is 1.00. The topological polar surface area (TPSA) is 0 Å². The minimum atomic E-state index is 0.598. The van der Waals surface area contributed by atoms with Crippen molar-refractivity contribution in [1.82, 2.24) is 0 Å². The van der Waals surface area contributed by atoms with Gasteiger partial charge in [0.2, 0.25) is 0 Å². The van der Waals surface area contributed by atoms with Crippen LogP contribution in [0.5, 0.6) is 0 Å². The van der Waals surface area contributed by atoms with Crippen LogP contribution in [0, 0.1) is 5.92 Å². The van der Waals surface area contributed by atoms with Crippen molar-refractivity contribution in [2.45, 2.75) is 43.1 Å². The molecule has 0 radical (unpaired) electrons. The first-order valence-corrected chi connectivity index (χ1v) is 7.06. The standard InChI is InChI=1S/C10H18S2/c1-10(11-7-8-12-10)9-5-3-2-4-6-9/h9H,2-8H2,1H3. The predicted octanol–water partition coefficient (Wildman–Crippen LogP) is 3.76. The molecule has 0 spiro atoms. The molecule has 0 unspecified atom stereocenters. The van der Waals surface area contributed by atoms with Crippen molar-refractivity contribution in [3.63, 3.8) is 0 Å². The Hall–Kier alpha value is 0.700. The smallest absolute Gasteiger partial charge is 0.0611 e. The fourth-order valence-electron chi connectivity index (χ4n) is 2.39. The van der Waals surface area contributed by atoms with Gasteiger partial charge in [0.05, 0.1) is 4.08 Å². The van der Waals surface area contributed by atoms with E-state index in [1.807, 2.05) is 0 Å². The van der Waals surface area contributed by atoms with Crippen LogP contribution in [-0.2, 0) is 0 Å². The van der Waals surface area contributed by atoms with Gasteiger partial charge in [-0.05, 0) is 25.7 Å². The van der Waals surface area contributed by atoms with Crippen LogP contribution in [0.2, 0.25) is 0 Å². The minimum Gasteiger partial charge on any atom is -0.143 e. The average Bonchev–Trinajstić information content (AvgIpc) is 2.55. The van der Waals surface area contributed by atoms with Crippen LogP contribution in [0.4, 0.5) is 0 Å². The molecule has 1 aliphatic heterocycles. The quantitative estimate of drug-likeness (QED) is 0.635. The number of hydrogen-bond donors (Lipinski definition) is 0. The molecule has 0 nitrogen and oxygen atoms in total. The summed E-state index contributed by atoms with van der Waals surface area (Å²) in [5, 5.41) is 0. The normalized spacial score (nSPS) is 30.8. The Kier molecular flexibility index (Phi) is 2.96. The van der Waals surface area contributed by atoms with Gasteiger partial charge in [-0.25, -0.2) is 0 Å². The molecule has 0 amide bonds. The SMILES string of the molecule is CC1(C2CCCCC2)SCCS1. The van der Waals surface area contributed by atoms with Gasteiger partial charge < -0.3 is 0 Å². The van der Waals surface area contributed by atoms with E-state index in [1.165, 1.54) is 43.6 Å². The van der Waals surface area contributed by atoms with Gasteiger partial charge in [-0.1, -0.05) is 19.3 Å². The third kappa shape index (κ3) is 1.79. The molecular weight excluding hydrogens is 184 g/mol. The van der Waals surface area contributed by atoms with E-state index in [1.54, 1.807) is 0 Å². The average molecular weight is 202 g/mol. The highest BCUT2D eigenvalue weighted by Gasteiger charge is 2.38. The van der Waals surface area contributed by atoms with Crippen molar-refractivity contribution in [1.29, 1.82) is 0 Å². The molecule has 1 saturated heterocycles. The highest BCUT2D eigenvalue weighted by Crippen LogP contribution is 2.52. The Morgan fingerprint density at radius 1 is 1.00 bits per heavy atom. The summed E-state index contributed by atoms with van der Waals surface area (Å²) in [4.78, 5) is 0. The first-order valence-electron chi connectivity index (χ1n) is 5.09. The van der Waals surface area contributed by atoms with Crippen LogP contribution in [0.25, 0.3) is 0 Å². The van der Waals surface area contributed by atoms with E-state index in [2.05, 4.69) is 30.4 Å². The molecule has 2 rings (SSSR count). The van der Waals surface area contributed by atoms with Crippen LogP contribution in [-0.4, -0.2) is 15.6 Å². The summed E-state index contributed by atoms with van der Waals surface area (Å²) >= 11 is 4.43. The van der Waals surface area contributed by atoms with Crippen LogP contribution in [0.1, 0.15) is 39.0 Å². The van der Waals surface area contributed by atoms with E-state index in [0.717, 1.165) is 5.92 Å². The number of thioether (sulfide) groups is 2. The van der Waals surface area contributed by atoms with E-state index in [9.17, 15) is 0 Å². The third-order valence-corrected chi connectivity index (χ3v) is 6.80. The molecule has 0 atom stereocenters. The minimum absolute atomic E-state index is 0.598. The first kappa shape index (κ1) is 9.26. The molecule has 0 bridgehead atoms. The first-order chi connectivity index (χ1) is 5.81. The molecule has 2 fully saturated rings. The molecule has 0 aromatic carbocycles. The molecule has 1 saturated carbocycles. The van der Waals surface area contributed by atoms with Gasteiger partial charge in [0.15, 0.2) is 0 Å². The third-order valence-electron chi connectivity index (χ3n) is 3.21. The maximum Gasteiger partial charge on any atom is 0.0611 e. The monoisotopic (exact) mass is 202 g/mol. The molecule has 2 aliphatic rings. The second-order valence-electron chi connectivity index (χ2n) is 4.05. The van der Waals surface area contributed by atoms with Crippen molar-refractivity contribution in [2.75, 3.05) is 11.5 Å². The molecule has 2 heteroatoms. The zero-order valence-corrected chi connectivity index (χ0v) is 9.48. The van der Waals surface area contributed by atoms with Crippen molar-refractivity contribution in [3.8, 4) is 0 Å². The largest absolute Gasteiger partial charge is 0.143 e. The lowest BCUT2D eigenvalue weighted by Gasteiger charge is -2.35. The lowest BCUT2D eigenvalue weighted by Crippen LogP contribution is -2.27. The van der Waals surface area contributed by atoms with Crippen LogP contribution < -0.4 is 0 Å². The molecule has 70 valence electrons. The maximum atomic E-state index is 2.48. The van der Waals surface area contributed by atoms with Gasteiger partial charge in [0, 0.05) is 11.5 Å². The van der Waals surface area contributed by atoms with E-state index in [0.29, 0.717) is 4.08 Å². The molecular formula is C10H18S2. The van der Waals surface area contributed by atoms with Crippen molar-refractivity contribution >= 4 is 23.5 Å². The van der Waals surface area contributed by atoms with E-state index in [-0.39, 0.29) is 0 Å². The zero-order valence-electron chi connectivity index (χ0n) is 7.84. The maximum absolute atomic E-state index is 2.48. The Bertz CT molecular complexity index is 144. The predicted molar refractivity (Wildman–Crippen MR) is 59.9 cm³/mol. The number of rotatable bonds is 1. The van der Waals surface area contributed by atoms with E-state index >= 15 is 0 Å². The van der Waals surface area contributed by atoms with Crippen molar-refractivity contribution in [2.24, 2.45) is 5.92 Å². The van der Waals surface area contributed by atoms with E-state index < -0.39 is 0 Å². The summed E-state index contributed by atoms with van der Waals surface area (Å²) in [5.74, 6) is 3.79. The van der Waals surface area contributed by atoms with Gasteiger partial charge in [-0.3, -0.25) is 0 Å². The fourth-order valence-corrected chi connectivity index (χ4v) is 5.65. The van der Waals surface area contributed by atoms with Gasteiger partial charge in [-0.15, -0.1) is 23.5 Å². The van der Waals surface area contributed by atoms with Gasteiger partial charge in [0.25, 0.3) is 0 Å². The highest BCUT2D eigenvalue weighted by molar-refractivity contribution is 8.21. The lowest BCUT2D eigenvalue weighted by molar-refractivity contribution is 0.343. The van der Waals surface area contributed by atoms with Crippen LogP contribution in [0.3, 0.4) is 0 Å². The van der Waals surface area contributed by atoms with Gasteiger partial charge in [-0.2, -0.15) is 0 Å². The Morgan fingerprint density at radius 2 is 1.58 bits per heavy atom. The molecule has 12 heavy (non-hydrogen) atoms. The summed E-state index contributed by atoms with van der Waals surface area (Å²) < 4.78 is 0.598. The molecule has 0 N–H and O–H groups in total.